The Hall–Kier alpha value is -1.10. The average Bonchev–Trinajstić information content (AvgIpc) is 2.54. The van der Waals surface area contributed by atoms with Crippen LogP contribution in [0.1, 0.15) is 33.6 Å². The molecule has 0 radical (unpaired) electrons. The van der Waals surface area contributed by atoms with E-state index in [4.69, 9.17) is 14.7 Å². The van der Waals surface area contributed by atoms with Crippen molar-refractivity contribution >= 4 is 11.7 Å². The summed E-state index contributed by atoms with van der Waals surface area (Å²) in [7, 11) is 0. The maximum atomic E-state index is 11.2. The monoisotopic (exact) mass is 241 g/mol. The van der Waals surface area contributed by atoms with Crippen LogP contribution in [0.5, 0.6) is 0 Å². The van der Waals surface area contributed by atoms with Crippen LogP contribution in [-0.2, 0) is 14.4 Å². The van der Waals surface area contributed by atoms with Crippen molar-refractivity contribution in [3.05, 3.63) is 0 Å². The molecule has 5 nitrogen and oxygen atoms in total. The minimum Gasteiger partial charge on any atom is -0.477 e. The number of carbonyl (C=O) groups is 1. The fourth-order valence-corrected chi connectivity index (χ4v) is 2.64. The molecule has 0 amide bonds. The van der Waals surface area contributed by atoms with Gasteiger partial charge in [0, 0.05) is 6.61 Å². The van der Waals surface area contributed by atoms with Gasteiger partial charge in [-0.1, -0.05) is 12.1 Å². The lowest BCUT2D eigenvalue weighted by Crippen LogP contribution is -2.46. The van der Waals surface area contributed by atoms with Crippen molar-refractivity contribution in [1.29, 1.82) is 0 Å². The lowest BCUT2D eigenvalue weighted by Gasteiger charge is -2.36. The molecule has 0 aliphatic carbocycles. The van der Waals surface area contributed by atoms with Crippen LogP contribution in [0.4, 0.5) is 0 Å². The standard InChI is InChI=1S/C12H19NO4/c1-7-4-5-16-8(6-7)9-10(11(14)15)13-17-12(9,2)3/h7-9H,4-6H2,1-3H3,(H,14,15)/t7-,8+,9+/m1/s1. The molecule has 2 aliphatic rings. The van der Waals surface area contributed by atoms with E-state index in [0.717, 1.165) is 12.8 Å². The predicted octanol–water partition coefficient (Wildman–Crippen LogP) is 1.67. The lowest BCUT2D eigenvalue weighted by atomic mass is 9.78. The predicted molar refractivity (Wildman–Crippen MR) is 61.9 cm³/mol. The van der Waals surface area contributed by atoms with Crippen molar-refractivity contribution in [2.24, 2.45) is 17.0 Å². The summed E-state index contributed by atoms with van der Waals surface area (Å²) in [5, 5.41) is 12.9. The Morgan fingerprint density at radius 3 is 2.82 bits per heavy atom. The maximum absolute atomic E-state index is 11.2. The number of hydrogen-bond acceptors (Lipinski definition) is 4. The first-order valence-electron chi connectivity index (χ1n) is 6.03. The molecule has 5 heteroatoms. The van der Waals surface area contributed by atoms with E-state index >= 15 is 0 Å². The first-order chi connectivity index (χ1) is 7.92. The number of ether oxygens (including phenoxy) is 1. The molecule has 2 heterocycles. The molecule has 2 aliphatic heterocycles. The summed E-state index contributed by atoms with van der Waals surface area (Å²) >= 11 is 0. The number of nitrogens with zero attached hydrogens (tertiary/aromatic N) is 1. The fraction of sp³-hybridized carbons (Fsp3) is 0.833. The molecule has 1 fully saturated rings. The highest BCUT2D eigenvalue weighted by Gasteiger charge is 2.50. The summed E-state index contributed by atoms with van der Waals surface area (Å²) in [5.74, 6) is -0.745. The van der Waals surface area contributed by atoms with Crippen LogP contribution >= 0.6 is 0 Å². The maximum Gasteiger partial charge on any atom is 0.354 e. The van der Waals surface area contributed by atoms with Gasteiger partial charge in [0.05, 0.1) is 12.0 Å². The van der Waals surface area contributed by atoms with Crippen LogP contribution in [0.3, 0.4) is 0 Å². The van der Waals surface area contributed by atoms with Gasteiger partial charge in [0.25, 0.3) is 0 Å². The number of hydrogen-bond donors (Lipinski definition) is 1. The molecule has 0 saturated carbocycles. The first kappa shape index (κ1) is 12.4. The Kier molecular flexibility index (Phi) is 3.12. The van der Waals surface area contributed by atoms with Crippen LogP contribution in [-0.4, -0.2) is 35.1 Å². The number of rotatable bonds is 2. The van der Waals surface area contributed by atoms with E-state index < -0.39 is 11.6 Å². The van der Waals surface area contributed by atoms with E-state index in [1.165, 1.54) is 0 Å². The van der Waals surface area contributed by atoms with Gasteiger partial charge < -0.3 is 14.7 Å². The molecule has 3 atom stereocenters. The van der Waals surface area contributed by atoms with Gasteiger partial charge in [0.15, 0.2) is 5.71 Å². The molecule has 0 aromatic carbocycles. The van der Waals surface area contributed by atoms with Crippen LogP contribution in [0, 0.1) is 11.8 Å². The number of carboxylic acid groups (broad SMARTS) is 1. The second-order valence-corrected chi connectivity index (χ2v) is 5.49. The van der Waals surface area contributed by atoms with E-state index in [1.807, 2.05) is 13.8 Å². The van der Waals surface area contributed by atoms with Gasteiger partial charge in [-0.3, -0.25) is 0 Å². The normalized spacial score (nSPS) is 36.2. The smallest absolute Gasteiger partial charge is 0.354 e. The summed E-state index contributed by atoms with van der Waals surface area (Å²) in [6.45, 7) is 6.57. The molecule has 0 unspecified atom stereocenters. The van der Waals surface area contributed by atoms with E-state index in [2.05, 4.69) is 12.1 Å². The van der Waals surface area contributed by atoms with Crippen molar-refractivity contribution < 1.29 is 19.5 Å². The summed E-state index contributed by atoms with van der Waals surface area (Å²) in [6, 6.07) is 0. The first-order valence-corrected chi connectivity index (χ1v) is 6.03. The number of oxime groups is 1. The van der Waals surface area contributed by atoms with Crippen molar-refractivity contribution in [2.45, 2.75) is 45.3 Å². The summed E-state index contributed by atoms with van der Waals surface area (Å²) in [5.41, 5.74) is -0.510. The Balaban J connectivity index is 2.20. The van der Waals surface area contributed by atoms with Crippen LogP contribution in [0.2, 0.25) is 0 Å². The summed E-state index contributed by atoms with van der Waals surface area (Å²) in [6.07, 6.45) is 1.79. The van der Waals surface area contributed by atoms with Crippen LogP contribution < -0.4 is 0 Å². The molecule has 1 N–H and O–H groups in total. The largest absolute Gasteiger partial charge is 0.477 e. The zero-order valence-corrected chi connectivity index (χ0v) is 10.5. The topological polar surface area (TPSA) is 68.1 Å². The van der Waals surface area contributed by atoms with Gasteiger partial charge in [-0.2, -0.15) is 0 Å². The molecule has 96 valence electrons. The van der Waals surface area contributed by atoms with Crippen molar-refractivity contribution in [1.82, 2.24) is 0 Å². The summed E-state index contributed by atoms with van der Waals surface area (Å²) < 4.78 is 5.72. The molecule has 0 bridgehead atoms. The van der Waals surface area contributed by atoms with Crippen molar-refractivity contribution in [3.8, 4) is 0 Å². The van der Waals surface area contributed by atoms with Gasteiger partial charge in [0.1, 0.15) is 5.60 Å². The van der Waals surface area contributed by atoms with Gasteiger partial charge in [-0.25, -0.2) is 4.79 Å². The van der Waals surface area contributed by atoms with Gasteiger partial charge in [0.2, 0.25) is 0 Å². The fourth-order valence-electron chi connectivity index (χ4n) is 2.64. The van der Waals surface area contributed by atoms with Gasteiger partial charge in [-0.15, -0.1) is 0 Å². The molecule has 2 rings (SSSR count). The van der Waals surface area contributed by atoms with Crippen molar-refractivity contribution in [3.63, 3.8) is 0 Å². The molecule has 0 spiro atoms. The second-order valence-electron chi connectivity index (χ2n) is 5.49. The molecule has 0 aromatic heterocycles. The zero-order valence-electron chi connectivity index (χ0n) is 10.5. The molecule has 17 heavy (non-hydrogen) atoms. The van der Waals surface area contributed by atoms with E-state index in [1.54, 1.807) is 0 Å². The van der Waals surface area contributed by atoms with Crippen molar-refractivity contribution in [2.75, 3.05) is 6.61 Å². The molecular formula is C12H19NO4. The highest BCUT2D eigenvalue weighted by Crippen LogP contribution is 2.37. The average molecular weight is 241 g/mol. The Bertz CT molecular complexity index is 350. The van der Waals surface area contributed by atoms with Crippen LogP contribution in [0.15, 0.2) is 5.16 Å². The lowest BCUT2D eigenvalue weighted by molar-refractivity contribution is -0.130. The third-order valence-corrected chi connectivity index (χ3v) is 3.59. The quantitative estimate of drug-likeness (QED) is 0.798. The minimum atomic E-state index is -1.01. The van der Waals surface area contributed by atoms with Crippen LogP contribution in [0.25, 0.3) is 0 Å². The number of aliphatic carboxylic acids is 1. The minimum absolute atomic E-state index is 0.0918. The van der Waals surface area contributed by atoms with E-state index in [0.29, 0.717) is 12.5 Å². The third kappa shape index (κ3) is 2.29. The molecule has 1 saturated heterocycles. The van der Waals surface area contributed by atoms with Gasteiger partial charge in [-0.05, 0) is 32.6 Å². The Morgan fingerprint density at radius 2 is 2.24 bits per heavy atom. The highest BCUT2D eigenvalue weighted by atomic mass is 16.7. The Morgan fingerprint density at radius 1 is 1.53 bits per heavy atom. The Labute approximate surface area is 101 Å². The molecule has 0 aromatic rings. The molecular weight excluding hydrogens is 222 g/mol. The summed E-state index contributed by atoms with van der Waals surface area (Å²) in [4.78, 5) is 16.4. The zero-order chi connectivity index (χ0) is 12.6. The second kappa shape index (κ2) is 4.29. The highest BCUT2D eigenvalue weighted by molar-refractivity contribution is 6.37. The number of carboxylic acids is 1. The van der Waals surface area contributed by atoms with E-state index in [-0.39, 0.29) is 17.7 Å². The van der Waals surface area contributed by atoms with Gasteiger partial charge >= 0.3 is 5.97 Å². The third-order valence-electron chi connectivity index (χ3n) is 3.59. The SMILES string of the molecule is C[C@@H]1CCO[C@H]([C@H]2C(C(=O)O)=NOC2(C)C)C1. The van der Waals surface area contributed by atoms with E-state index in [9.17, 15) is 4.79 Å².